The number of aliphatic hydroxyl groups is 1. The molecule has 0 saturated carbocycles. The van der Waals surface area contributed by atoms with Crippen molar-refractivity contribution in [1.29, 1.82) is 0 Å². The van der Waals surface area contributed by atoms with E-state index in [2.05, 4.69) is 4.58 Å². The summed E-state index contributed by atoms with van der Waals surface area (Å²) in [7, 11) is 0. The molecule has 0 aromatic heterocycles. The third-order valence-corrected chi connectivity index (χ3v) is 5.61. The number of anilines is 1. The molecule has 6 nitrogen and oxygen atoms in total. The van der Waals surface area contributed by atoms with Crippen LogP contribution >= 0.6 is 11.6 Å². The van der Waals surface area contributed by atoms with Crippen molar-refractivity contribution in [2.75, 3.05) is 18.0 Å². The van der Waals surface area contributed by atoms with E-state index in [1.807, 2.05) is 29.2 Å². The molecular formula is C20H21ClN3O3+. The van der Waals surface area contributed by atoms with E-state index in [1.54, 1.807) is 12.1 Å². The van der Waals surface area contributed by atoms with Gasteiger partial charge in [0, 0.05) is 29.1 Å². The third kappa shape index (κ3) is 3.19. The lowest BCUT2D eigenvalue weighted by Gasteiger charge is -2.29. The Bertz CT molecular complexity index is 896. The van der Waals surface area contributed by atoms with Gasteiger partial charge >= 0.3 is 0 Å². The maximum atomic E-state index is 11.8. The minimum atomic E-state index is -1.28. The van der Waals surface area contributed by atoms with Gasteiger partial charge in [-0.2, -0.15) is 4.90 Å². The Hall–Kier alpha value is -2.44. The number of hydrogen-bond acceptors (Lipinski definition) is 4. The van der Waals surface area contributed by atoms with Gasteiger partial charge in [-0.05, 0) is 55.7 Å². The van der Waals surface area contributed by atoms with Crippen LogP contribution in [-0.2, 0) is 5.72 Å². The summed E-state index contributed by atoms with van der Waals surface area (Å²) in [6.45, 7) is 1.33. The average molecular weight is 387 g/mol. The number of hydrogen-bond donors (Lipinski definition) is 1. The molecule has 0 unspecified atom stereocenters. The molecule has 7 heteroatoms. The molecule has 2 aromatic rings. The van der Waals surface area contributed by atoms with Crippen LogP contribution in [0.4, 0.5) is 11.4 Å². The van der Waals surface area contributed by atoms with E-state index in [-0.39, 0.29) is 5.69 Å². The molecule has 2 heterocycles. The summed E-state index contributed by atoms with van der Waals surface area (Å²) >= 11 is 6.05. The van der Waals surface area contributed by atoms with Gasteiger partial charge in [0.25, 0.3) is 17.2 Å². The lowest BCUT2D eigenvalue weighted by molar-refractivity contribution is -0.534. The number of rotatable bonds is 3. The van der Waals surface area contributed by atoms with Crippen LogP contribution in [0.5, 0.6) is 0 Å². The van der Waals surface area contributed by atoms with E-state index in [0.717, 1.165) is 37.3 Å². The molecular weight excluding hydrogens is 366 g/mol. The predicted octanol–water partition coefficient (Wildman–Crippen LogP) is 3.90. The summed E-state index contributed by atoms with van der Waals surface area (Å²) in [5, 5.41) is 23.4. The van der Waals surface area contributed by atoms with Crippen molar-refractivity contribution in [2.24, 2.45) is 0 Å². The van der Waals surface area contributed by atoms with Gasteiger partial charge in [-0.25, -0.2) is 0 Å². The van der Waals surface area contributed by atoms with Crippen molar-refractivity contribution < 1.29 is 14.6 Å². The van der Waals surface area contributed by atoms with Crippen LogP contribution in [0.25, 0.3) is 0 Å². The van der Waals surface area contributed by atoms with Gasteiger partial charge in [0.05, 0.1) is 11.5 Å². The predicted molar refractivity (Wildman–Crippen MR) is 104 cm³/mol. The summed E-state index contributed by atoms with van der Waals surface area (Å²) in [6.07, 6.45) is 4.23. The lowest BCUT2D eigenvalue weighted by atomic mass is 9.99. The summed E-state index contributed by atoms with van der Waals surface area (Å²) in [4.78, 5) is 12.5. The van der Waals surface area contributed by atoms with Crippen LogP contribution in [-0.4, -0.2) is 33.5 Å². The van der Waals surface area contributed by atoms with Crippen molar-refractivity contribution >= 4 is 28.8 Å². The SMILES string of the molecule is O=[N+]([O-])c1ccc([C@@]2(O)C[N+]3=C(CCCCC3)N2c2ccc(Cl)cc2)cc1. The highest BCUT2D eigenvalue weighted by Gasteiger charge is 2.54. The van der Waals surface area contributed by atoms with E-state index in [0.29, 0.717) is 17.1 Å². The Morgan fingerprint density at radius 1 is 1.07 bits per heavy atom. The van der Waals surface area contributed by atoms with Crippen LogP contribution in [0.2, 0.25) is 5.02 Å². The fraction of sp³-hybridized carbons (Fsp3) is 0.350. The zero-order valence-corrected chi connectivity index (χ0v) is 15.6. The molecule has 27 heavy (non-hydrogen) atoms. The molecule has 1 atom stereocenters. The third-order valence-electron chi connectivity index (χ3n) is 5.36. The number of nitrogens with zero attached hydrogens (tertiary/aromatic N) is 3. The molecule has 0 radical (unpaired) electrons. The van der Waals surface area contributed by atoms with Crippen molar-refractivity contribution in [2.45, 2.75) is 31.4 Å². The topological polar surface area (TPSA) is 69.6 Å². The van der Waals surface area contributed by atoms with Gasteiger partial charge in [-0.1, -0.05) is 11.6 Å². The molecule has 2 aliphatic heterocycles. The zero-order chi connectivity index (χ0) is 19.0. The quantitative estimate of drug-likeness (QED) is 0.493. The van der Waals surface area contributed by atoms with E-state index in [1.165, 1.54) is 18.6 Å². The highest BCUT2D eigenvalue weighted by Crippen LogP contribution is 2.38. The average Bonchev–Trinajstić information content (AvgIpc) is 2.79. The summed E-state index contributed by atoms with van der Waals surface area (Å²) in [5.41, 5.74) is 0.235. The standard InChI is InChI=1S/C20H21ClN3O3/c21-16-7-11-17(12-8-16)23-19-4-2-1-3-13-22(19)14-20(23,25)15-5-9-18(10-6-15)24(26)27/h5-12,25H,1-4,13-14H2/q+1/t20-/m0/s1. The lowest BCUT2D eigenvalue weighted by Crippen LogP contribution is -2.47. The summed E-state index contributed by atoms with van der Waals surface area (Å²) in [6, 6.07) is 13.6. The number of amidine groups is 1. The first-order chi connectivity index (χ1) is 13.0. The Balaban J connectivity index is 1.80. The monoisotopic (exact) mass is 386 g/mol. The molecule has 4 rings (SSSR count). The van der Waals surface area contributed by atoms with Gasteiger partial charge in [0.15, 0.2) is 6.54 Å². The first-order valence-corrected chi connectivity index (χ1v) is 9.51. The summed E-state index contributed by atoms with van der Waals surface area (Å²) in [5.74, 6) is 1.09. The smallest absolute Gasteiger partial charge is 0.275 e. The Labute approximate surface area is 162 Å². The van der Waals surface area contributed by atoms with Crippen molar-refractivity contribution in [3.8, 4) is 0 Å². The van der Waals surface area contributed by atoms with E-state index in [4.69, 9.17) is 11.6 Å². The van der Waals surface area contributed by atoms with Crippen LogP contribution in [0, 0.1) is 10.1 Å². The molecule has 0 saturated heterocycles. The van der Waals surface area contributed by atoms with E-state index < -0.39 is 10.6 Å². The Kier molecular flexibility index (Phi) is 4.61. The maximum absolute atomic E-state index is 11.8. The first kappa shape index (κ1) is 17.9. The molecule has 0 spiro atoms. The van der Waals surface area contributed by atoms with E-state index in [9.17, 15) is 15.2 Å². The molecule has 2 aromatic carbocycles. The van der Waals surface area contributed by atoms with Crippen molar-refractivity contribution in [1.82, 2.24) is 0 Å². The van der Waals surface area contributed by atoms with Crippen molar-refractivity contribution in [3.05, 3.63) is 69.2 Å². The molecule has 140 valence electrons. The summed E-state index contributed by atoms with van der Waals surface area (Å²) < 4.78 is 2.24. The molecule has 0 amide bonds. The minimum Gasteiger partial charge on any atom is -0.346 e. The largest absolute Gasteiger partial charge is 0.346 e. The van der Waals surface area contributed by atoms with Gasteiger partial charge in [-0.15, -0.1) is 0 Å². The van der Waals surface area contributed by atoms with Gasteiger partial charge in [-0.3, -0.25) is 14.7 Å². The van der Waals surface area contributed by atoms with Crippen LogP contribution < -0.4 is 4.90 Å². The number of benzene rings is 2. The number of halogens is 1. The molecule has 2 aliphatic rings. The van der Waals surface area contributed by atoms with Crippen molar-refractivity contribution in [3.63, 3.8) is 0 Å². The number of nitro benzene ring substituents is 1. The first-order valence-electron chi connectivity index (χ1n) is 9.13. The normalized spacial score (nSPS) is 22.5. The minimum absolute atomic E-state index is 0.0144. The number of non-ortho nitro benzene ring substituents is 1. The second kappa shape index (κ2) is 6.94. The second-order valence-corrected chi connectivity index (χ2v) is 7.52. The molecule has 0 aliphatic carbocycles. The molecule has 1 N–H and O–H groups in total. The van der Waals surface area contributed by atoms with Crippen LogP contribution in [0.15, 0.2) is 48.5 Å². The van der Waals surface area contributed by atoms with Gasteiger partial charge in [0.1, 0.15) is 5.69 Å². The maximum Gasteiger partial charge on any atom is 0.275 e. The fourth-order valence-corrected chi connectivity index (χ4v) is 4.17. The Morgan fingerprint density at radius 2 is 1.78 bits per heavy atom. The second-order valence-electron chi connectivity index (χ2n) is 7.08. The van der Waals surface area contributed by atoms with Crippen LogP contribution in [0.3, 0.4) is 0 Å². The fourth-order valence-electron chi connectivity index (χ4n) is 4.05. The molecule has 0 fully saturated rings. The highest BCUT2D eigenvalue weighted by molar-refractivity contribution is 6.30. The Morgan fingerprint density at radius 3 is 2.44 bits per heavy atom. The van der Waals surface area contributed by atoms with Crippen LogP contribution in [0.1, 0.15) is 31.2 Å². The van der Waals surface area contributed by atoms with Gasteiger partial charge < -0.3 is 5.11 Å². The number of nitro groups is 1. The molecule has 0 bridgehead atoms. The zero-order valence-electron chi connectivity index (χ0n) is 14.8. The highest BCUT2D eigenvalue weighted by atomic mass is 35.5. The van der Waals surface area contributed by atoms with E-state index >= 15 is 0 Å². The van der Waals surface area contributed by atoms with Gasteiger partial charge in [0.2, 0.25) is 0 Å².